The van der Waals surface area contributed by atoms with Crippen LogP contribution in [0.25, 0.3) is 0 Å². The fraction of sp³-hybridized carbons (Fsp3) is 0.364. The third-order valence-electron chi connectivity index (χ3n) is 1.91. The van der Waals surface area contributed by atoms with Crippen LogP contribution in [0, 0.1) is 5.41 Å². The van der Waals surface area contributed by atoms with Gasteiger partial charge in [-0.05, 0) is 17.7 Å². The molecule has 0 bridgehead atoms. The molecule has 1 rings (SSSR count). The first kappa shape index (κ1) is 12.4. The number of halogens is 1. The molecule has 16 heavy (non-hydrogen) atoms. The summed E-state index contributed by atoms with van der Waals surface area (Å²) in [4.78, 5) is 0. The van der Waals surface area contributed by atoms with Crippen LogP contribution in [0.5, 0.6) is 5.75 Å². The SMILES string of the molecule is N=C(N)CNCc1ccc(OCCF)cc1. The molecular formula is C11H16FN3O. The van der Waals surface area contributed by atoms with Gasteiger partial charge in [-0.3, -0.25) is 5.41 Å². The minimum atomic E-state index is -0.484. The van der Waals surface area contributed by atoms with Gasteiger partial charge < -0.3 is 15.8 Å². The lowest BCUT2D eigenvalue weighted by atomic mass is 10.2. The van der Waals surface area contributed by atoms with Crippen molar-refractivity contribution in [3.8, 4) is 5.75 Å². The average molecular weight is 225 g/mol. The monoisotopic (exact) mass is 225 g/mol. The molecule has 0 aliphatic rings. The van der Waals surface area contributed by atoms with Crippen LogP contribution in [0.3, 0.4) is 0 Å². The van der Waals surface area contributed by atoms with Crippen molar-refractivity contribution in [2.24, 2.45) is 5.73 Å². The zero-order valence-electron chi connectivity index (χ0n) is 9.00. The van der Waals surface area contributed by atoms with E-state index < -0.39 is 6.67 Å². The van der Waals surface area contributed by atoms with Crippen LogP contribution in [0.2, 0.25) is 0 Å². The molecule has 0 aliphatic heterocycles. The summed E-state index contributed by atoms with van der Waals surface area (Å²) in [6.45, 7) is 0.618. The van der Waals surface area contributed by atoms with Crippen molar-refractivity contribution in [2.45, 2.75) is 6.54 Å². The minimum Gasteiger partial charge on any atom is -0.491 e. The van der Waals surface area contributed by atoms with Gasteiger partial charge in [-0.1, -0.05) is 12.1 Å². The topological polar surface area (TPSA) is 71.1 Å². The van der Waals surface area contributed by atoms with E-state index in [0.717, 1.165) is 5.56 Å². The average Bonchev–Trinajstić information content (AvgIpc) is 2.27. The Balaban J connectivity index is 2.36. The van der Waals surface area contributed by atoms with Gasteiger partial charge in [-0.25, -0.2) is 4.39 Å². The lowest BCUT2D eigenvalue weighted by molar-refractivity contribution is 0.273. The second kappa shape index (κ2) is 6.79. The predicted molar refractivity (Wildman–Crippen MR) is 61.5 cm³/mol. The summed E-state index contributed by atoms with van der Waals surface area (Å²) in [6.07, 6.45) is 0. The van der Waals surface area contributed by atoms with Crippen molar-refractivity contribution >= 4 is 5.84 Å². The molecule has 0 spiro atoms. The number of alkyl halides is 1. The molecule has 88 valence electrons. The van der Waals surface area contributed by atoms with Crippen LogP contribution >= 0.6 is 0 Å². The molecule has 0 amide bonds. The molecule has 1 aromatic rings. The summed E-state index contributed by atoms with van der Waals surface area (Å²) in [5.41, 5.74) is 6.26. The number of hydrogen-bond acceptors (Lipinski definition) is 3. The van der Waals surface area contributed by atoms with Gasteiger partial charge in [0.25, 0.3) is 0 Å². The minimum absolute atomic E-state index is 0.0853. The van der Waals surface area contributed by atoms with Crippen LogP contribution in [0.1, 0.15) is 5.56 Å². The van der Waals surface area contributed by atoms with Crippen LogP contribution in [-0.2, 0) is 6.54 Å². The number of ether oxygens (including phenoxy) is 1. The third kappa shape index (κ3) is 4.75. The second-order valence-electron chi connectivity index (χ2n) is 3.31. The highest BCUT2D eigenvalue weighted by Gasteiger charge is 1.96. The van der Waals surface area contributed by atoms with E-state index >= 15 is 0 Å². The Morgan fingerprint density at radius 1 is 1.38 bits per heavy atom. The van der Waals surface area contributed by atoms with Crippen molar-refractivity contribution in [1.29, 1.82) is 5.41 Å². The van der Waals surface area contributed by atoms with Crippen molar-refractivity contribution in [3.05, 3.63) is 29.8 Å². The fourth-order valence-corrected chi connectivity index (χ4v) is 1.20. The van der Waals surface area contributed by atoms with Gasteiger partial charge in [-0.2, -0.15) is 0 Å². The maximum Gasteiger partial charge on any atom is 0.123 e. The Morgan fingerprint density at radius 2 is 2.06 bits per heavy atom. The molecule has 0 atom stereocenters. The first-order valence-electron chi connectivity index (χ1n) is 5.03. The van der Waals surface area contributed by atoms with Gasteiger partial charge in [0.05, 0.1) is 6.54 Å². The summed E-state index contributed by atoms with van der Waals surface area (Å²) < 4.78 is 16.9. The highest BCUT2D eigenvalue weighted by molar-refractivity contribution is 5.78. The Morgan fingerprint density at radius 3 is 2.62 bits per heavy atom. The number of nitrogens with one attached hydrogen (secondary N) is 2. The van der Waals surface area contributed by atoms with E-state index in [2.05, 4.69) is 5.32 Å². The maximum atomic E-state index is 11.8. The summed E-state index contributed by atoms with van der Waals surface area (Å²) >= 11 is 0. The van der Waals surface area contributed by atoms with E-state index in [1.54, 1.807) is 12.1 Å². The molecule has 1 aromatic carbocycles. The maximum absolute atomic E-state index is 11.8. The molecule has 4 nitrogen and oxygen atoms in total. The van der Waals surface area contributed by atoms with E-state index in [1.807, 2.05) is 12.1 Å². The summed E-state index contributed by atoms with van der Waals surface area (Å²) in [7, 11) is 0. The van der Waals surface area contributed by atoms with Crippen molar-refractivity contribution in [3.63, 3.8) is 0 Å². The number of benzene rings is 1. The third-order valence-corrected chi connectivity index (χ3v) is 1.91. The highest BCUT2D eigenvalue weighted by Crippen LogP contribution is 2.11. The van der Waals surface area contributed by atoms with Crippen LogP contribution in [0.4, 0.5) is 4.39 Å². The van der Waals surface area contributed by atoms with Gasteiger partial charge in [0, 0.05) is 6.54 Å². The van der Waals surface area contributed by atoms with Gasteiger partial charge in [0.1, 0.15) is 24.9 Å². The van der Waals surface area contributed by atoms with E-state index in [1.165, 1.54) is 0 Å². The molecule has 0 heterocycles. The molecule has 5 heteroatoms. The number of hydrogen-bond donors (Lipinski definition) is 3. The number of amidine groups is 1. The molecule has 0 unspecified atom stereocenters. The molecule has 0 aliphatic carbocycles. The highest BCUT2D eigenvalue weighted by atomic mass is 19.1. The van der Waals surface area contributed by atoms with E-state index in [4.69, 9.17) is 15.9 Å². The van der Waals surface area contributed by atoms with Gasteiger partial charge in [-0.15, -0.1) is 0 Å². The van der Waals surface area contributed by atoms with Gasteiger partial charge in [0.2, 0.25) is 0 Å². The summed E-state index contributed by atoms with van der Waals surface area (Å²) in [6, 6.07) is 7.36. The Labute approximate surface area is 94.1 Å². The van der Waals surface area contributed by atoms with Crippen LogP contribution < -0.4 is 15.8 Å². The first-order chi connectivity index (χ1) is 7.72. The van der Waals surface area contributed by atoms with Crippen LogP contribution in [0.15, 0.2) is 24.3 Å². The first-order valence-corrected chi connectivity index (χ1v) is 5.03. The molecule has 0 saturated heterocycles. The van der Waals surface area contributed by atoms with Crippen molar-refractivity contribution < 1.29 is 9.13 Å². The standard InChI is InChI=1S/C11H16FN3O/c12-5-6-16-10-3-1-9(2-4-10)7-15-8-11(13)14/h1-4,15H,5-8H2,(H3,13,14). The predicted octanol–water partition coefficient (Wildman–Crippen LogP) is 1.06. The zero-order chi connectivity index (χ0) is 11.8. The quantitative estimate of drug-likeness (QED) is 0.480. The molecule has 0 radical (unpaired) electrons. The lowest BCUT2D eigenvalue weighted by Crippen LogP contribution is -2.27. The normalized spacial score (nSPS) is 10.1. The second-order valence-corrected chi connectivity index (χ2v) is 3.31. The van der Waals surface area contributed by atoms with Crippen LogP contribution in [-0.4, -0.2) is 25.7 Å². The van der Waals surface area contributed by atoms with E-state index in [9.17, 15) is 4.39 Å². The molecule has 0 aromatic heterocycles. The van der Waals surface area contributed by atoms with Gasteiger partial charge >= 0.3 is 0 Å². The number of rotatable bonds is 7. The zero-order valence-corrected chi connectivity index (χ0v) is 9.00. The largest absolute Gasteiger partial charge is 0.491 e. The van der Waals surface area contributed by atoms with Crippen molar-refractivity contribution in [2.75, 3.05) is 19.8 Å². The molecule has 4 N–H and O–H groups in total. The van der Waals surface area contributed by atoms with E-state index in [0.29, 0.717) is 18.8 Å². The number of nitrogens with two attached hydrogens (primary N) is 1. The van der Waals surface area contributed by atoms with Gasteiger partial charge in [0.15, 0.2) is 0 Å². The smallest absolute Gasteiger partial charge is 0.123 e. The summed E-state index contributed by atoms with van der Waals surface area (Å²) in [5, 5.41) is 10.0. The molecule has 0 fully saturated rings. The Kier molecular flexibility index (Phi) is 5.28. The lowest BCUT2D eigenvalue weighted by Gasteiger charge is -2.06. The Bertz CT molecular complexity index is 327. The van der Waals surface area contributed by atoms with Crippen molar-refractivity contribution in [1.82, 2.24) is 5.32 Å². The molecular weight excluding hydrogens is 209 g/mol. The summed E-state index contributed by atoms with van der Waals surface area (Å²) in [5.74, 6) is 0.774. The Hall–Kier alpha value is -1.62. The van der Waals surface area contributed by atoms with E-state index in [-0.39, 0.29) is 12.4 Å². The molecule has 0 saturated carbocycles. The fourth-order valence-electron chi connectivity index (χ4n) is 1.20.